The average Bonchev–Trinajstić information content (AvgIpc) is 2.96. The molecule has 1 fully saturated rings. The molecule has 3 heteroatoms. The molecule has 1 aliphatic carbocycles. The summed E-state index contributed by atoms with van der Waals surface area (Å²) in [4.78, 5) is 0. The Labute approximate surface area is 104 Å². The van der Waals surface area contributed by atoms with Gasteiger partial charge in [0.05, 0.1) is 12.2 Å². The van der Waals surface area contributed by atoms with Crippen LogP contribution in [0.2, 0.25) is 0 Å². The standard InChI is InChI=1S/C14H24N2O/c1-14(2,3)17-9-8-16-7-6-12(10-16)13(15)11-4-5-11/h6-7,10-11,13H,4-5,8-9,15H2,1-3H3. The SMILES string of the molecule is CC(C)(C)OCCn1ccc(C(N)C2CC2)c1. The summed E-state index contributed by atoms with van der Waals surface area (Å²) in [5, 5.41) is 0. The lowest BCUT2D eigenvalue weighted by molar-refractivity contribution is -0.00679. The molecule has 1 saturated carbocycles. The smallest absolute Gasteiger partial charge is 0.0652 e. The Kier molecular flexibility index (Phi) is 3.59. The second-order valence-electron chi connectivity index (χ2n) is 6.01. The predicted octanol–water partition coefficient (Wildman–Crippen LogP) is 2.71. The van der Waals surface area contributed by atoms with Crippen LogP contribution in [0.25, 0.3) is 0 Å². The fraction of sp³-hybridized carbons (Fsp3) is 0.714. The highest BCUT2D eigenvalue weighted by Crippen LogP contribution is 2.39. The molecule has 0 bridgehead atoms. The van der Waals surface area contributed by atoms with Crippen molar-refractivity contribution in [2.75, 3.05) is 6.61 Å². The highest BCUT2D eigenvalue weighted by Gasteiger charge is 2.29. The van der Waals surface area contributed by atoms with Crippen molar-refractivity contribution in [2.45, 2.75) is 51.8 Å². The van der Waals surface area contributed by atoms with Crippen LogP contribution in [0.15, 0.2) is 18.5 Å². The Morgan fingerprint density at radius 2 is 2.18 bits per heavy atom. The molecule has 1 aromatic heterocycles. The van der Waals surface area contributed by atoms with Gasteiger partial charge in [-0.15, -0.1) is 0 Å². The van der Waals surface area contributed by atoms with Gasteiger partial charge in [-0.3, -0.25) is 0 Å². The summed E-state index contributed by atoms with van der Waals surface area (Å²) >= 11 is 0. The number of nitrogens with two attached hydrogens (primary N) is 1. The second kappa shape index (κ2) is 4.83. The van der Waals surface area contributed by atoms with Crippen LogP contribution in [-0.2, 0) is 11.3 Å². The van der Waals surface area contributed by atoms with Crippen molar-refractivity contribution in [3.63, 3.8) is 0 Å². The number of aromatic nitrogens is 1. The molecule has 1 unspecified atom stereocenters. The molecule has 0 amide bonds. The largest absolute Gasteiger partial charge is 0.374 e. The van der Waals surface area contributed by atoms with Crippen LogP contribution in [0, 0.1) is 5.92 Å². The fourth-order valence-corrected chi connectivity index (χ4v) is 1.98. The molecule has 3 nitrogen and oxygen atoms in total. The molecule has 1 heterocycles. The molecule has 0 radical (unpaired) electrons. The van der Waals surface area contributed by atoms with Gasteiger partial charge in [-0.05, 0) is 51.2 Å². The molecule has 0 spiro atoms. The maximum absolute atomic E-state index is 6.17. The van der Waals surface area contributed by atoms with Gasteiger partial charge in [0.25, 0.3) is 0 Å². The second-order valence-corrected chi connectivity index (χ2v) is 6.01. The van der Waals surface area contributed by atoms with E-state index in [2.05, 4.69) is 43.8 Å². The van der Waals surface area contributed by atoms with Crippen molar-refractivity contribution in [3.8, 4) is 0 Å². The van der Waals surface area contributed by atoms with Gasteiger partial charge >= 0.3 is 0 Å². The van der Waals surface area contributed by atoms with Crippen LogP contribution in [0.1, 0.15) is 45.2 Å². The van der Waals surface area contributed by atoms with Crippen LogP contribution in [0.3, 0.4) is 0 Å². The van der Waals surface area contributed by atoms with Gasteiger partial charge in [-0.25, -0.2) is 0 Å². The lowest BCUT2D eigenvalue weighted by Gasteiger charge is -2.19. The first-order chi connectivity index (χ1) is 7.96. The minimum absolute atomic E-state index is 0.0552. The van der Waals surface area contributed by atoms with Crippen molar-refractivity contribution in [1.29, 1.82) is 0 Å². The zero-order valence-electron chi connectivity index (χ0n) is 11.1. The molecule has 0 aliphatic heterocycles. The molecule has 2 rings (SSSR count). The number of ether oxygens (including phenoxy) is 1. The summed E-state index contributed by atoms with van der Waals surface area (Å²) in [5.41, 5.74) is 7.38. The normalized spacial score (nSPS) is 18.4. The number of rotatable bonds is 5. The fourth-order valence-electron chi connectivity index (χ4n) is 1.98. The van der Waals surface area contributed by atoms with Gasteiger partial charge in [0, 0.05) is 25.0 Å². The molecule has 0 aromatic carbocycles. The number of hydrogen-bond donors (Lipinski definition) is 1. The molecular weight excluding hydrogens is 212 g/mol. The molecule has 2 N–H and O–H groups in total. The molecule has 1 aliphatic rings. The maximum Gasteiger partial charge on any atom is 0.0652 e. The quantitative estimate of drug-likeness (QED) is 0.854. The Balaban J connectivity index is 1.81. The Bertz CT molecular complexity index is 361. The van der Waals surface area contributed by atoms with Crippen molar-refractivity contribution >= 4 is 0 Å². The minimum atomic E-state index is -0.0552. The van der Waals surface area contributed by atoms with E-state index in [9.17, 15) is 0 Å². The third-order valence-corrected chi connectivity index (χ3v) is 3.17. The van der Waals surface area contributed by atoms with E-state index in [1.54, 1.807) is 0 Å². The van der Waals surface area contributed by atoms with Gasteiger partial charge in [0.1, 0.15) is 0 Å². The number of hydrogen-bond acceptors (Lipinski definition) is 2. The monoisotopic (exact) mass is 236 g/mol. The summed E-state index contributed by atoms with van der Waals surface area (Å²) in [5.74, 6) is 0.719. The molecule has 0 saturated heterocycles. The van der Waals surface area contributed by atoms with Gasteiger partial charge in [0.15, 0.2) is 0 Å². The Morgan fingerprint density at radius 3 is 2.76 bits per heavy atom. The topological polar surface area (TPSA) is 40.2 Å². The summed E-state index contributed by atoms with van der Waals surface area (Å²) in [7, 11) is 0. The van der Waals surface area contributed by atoms with Crippen LogP contribution in [-0.4, -0.2) is 16.8 Å². The van der Waals surface area contributed by atoms with Gasteiger partial charge in [-0.1, -0.05) is 0 Å². The number of nitrogens with zero attached hydrogens (tertiary/aromatic N) is 1. The van der Waals surface area contributed by atoms with E-state index in [0.29, 0.717) is 0 Å². The van der Waals surface area contributed by atoms with Crippen molar-refractivity contribution in [1.82, 2.24) is 4.57 Å². The Morgan fingerprint density at radius 1 is 1.47 bits per heavy atom. The van der Waals surface area contributed by atoms with E-state index >= 15 is 0 Å². The van der Waals surface area contributed by atoms with E-state index in [1.165, 1.54) is 18.4 Å². The maximum atomic E-state index is 6.17. The van der Waals surface area contributed by atoms with Crippen LogP contribution in [0.5, 0.6) is 0 Å². The van der Waals surface area contributed by atoms with E-state index in [0.717, 1.165) is 19.1 Å². The highest BCUT2D eigenvalue weighted by atomic mass is 16.5. The van der Waals surface area contributed by atoms with Crippen LogP contribution >= 0.6 is 0 Å². The first kappa shape index (κ1) is 12.7. The van der Waals surface area contributed by atoms with Gasteiger partial charge in [-0.2, -0.15) is 0 Å². The summed E-state index contributed by atoms with van der Waals surface area (Å²) in [6.45, 7) is 7.89. The van der Waals surface area contributed by atoms with Crippen molar-refractivity contribution in [2.24, 2.45) is 11.7 Å². The average molecular weight is 236 g/mol. The first-order valence-corrected chi connectivity index (χ1v) is 6.51. The molecule has 1 atom stereocenters. The van der Waals surface area contributed by atoms with E-state index < -0.39 is 0 Å². The predicted molar refractivity (Wildman–Crippen MR) is 69.8 cm³/mol. The first-order valence-electron chi connectivity index (χ1n) is 6.51. The van der Waals surface area contributed by atoms with E-state index in [4.69, 9.17) is 10.5 Å². The van der Waals surface area contributed by atoms with Gasteiger partial charge < -0.3 is 15.0 Å². The lowest BCUT2D eigenvalue weighted by atomic mass is 10.1. The summed E-state index contributed by atoms with van der Waals surface area (Å²) in [6, 6.07) is 2.37. The zero-order chi connectivity index (χ0) is 12.5. The molecule has 96 valence electrons. The summed E-state index contributed by atoms with van der Waals surface area (Å²) in [6.07, 6.45) is 6.84. The molecule has 1 aromatic rings. The lowest BCUT2D eigenvalue weighted by Crippen LogP contribution is -2.21. The van der Waals surface area contributed by atoms with Crippen molar-refractivity contribution in [3.05, 3.63) is 24.0 Å². The third kappa shape index (κ3) is 3.86. The van der Waals surface area contributed by atoms with E-state index in [1.807, 2.05) is 0 Å². The van der Waals surface area contributed by atoms with Crippen molar-refractivity contribution < 1.29 is 4.74 Å². The highest BCUT2D eigenvalue weighted by molar-refractivity contribution is 5.17. The minimum Gasteiger partial charge on any atom is -0.374 e. The summed E-state index contributed by atoms with van der Waals surface area (Å²) < 4.78 is 7.88. The third-order valence-electron chi connectivity index (χ3n) is 3.17. The van der Waals surface area contributed by atoms with Crippen LogP contribution in [0.4, 0.5) is 0 Å². The van der Waals surface area contributed by atoms with Crippen LogP contribution < -0.4 is 5.73 Å². The molecular formula is C14H24N2O. The molecule has 17 heavy (non-hydrogen) atoms. The zero-order valence-corrected chi connectivity index (χ0v) is 11.1. The van der Waals surface area contributed by atoms with Gasteiger partial charge in [0.2, 0.25) is 0 Å². The Hall–Kier alpha value is -0.800. The van der Waals surface area contributed by atoms with E-state index in [-0.39, 0.29) is 11.6 Å².